The summed E-state index contributed by atoms with van der Waals surface area (Å²) in [5, 5.41) is 0.769. The number of nitrogens with zero attached hydrogens (tertiary/aromatic N) is 4. The second-order valence-corrected chi connectivity index (χ2v) is 8.13. The average molecular weight is 500 g/mol. The molecule has 4 rings (SSSR count). The molecular formula is C22H22BrN5O4. The van der Waals surface area contributed by atoms with E-state index in [9.17, 15) is 9.59 Å². The number of ether oxygens (including phenoxy) is 1. The molecule has 2 amide bonds. The van der Waals surface area contributed by atoms with E-state index in [4.69, 9.17) is 14.9 Å². The van der Waals surface area contributed by atoms with Gasteiger partial charge in [0.05, 0.1) is 12.1 Å². The Balaban J connectivity index is 1.48. The molecule has 1 aromatic carbocycles. The number of aromatic nitrogens is 2. The van der Waals surface area contributed by atoms with Crippen molar-refractivity contribution in [3.05, 3.63) is 58.7 Å². The Morgan fingerprint density at radius 3 is 2.91 bits per heavy atom. The number of fused-ring (bicyclic) bond motifs is 1. The molecular weight excluding hydrogens is 478 g/mol. The minimum absolute atomic E-state index is 0.114. The molecule has 2 aromatic heterocycles. The summed E-state index contributed by atoms with van der Waals surface area (Å²) in [5.41, 5.74) is 7.53. The summed E-state index contributed by atoms with van der Waals surface area (Å²) in [5.74, 6) is 0.521. The Labute approximate surface area is 193 Å². The number of furan rings is 1. The molecule has 3 aromatic rings. The van der Waals surface area contributed by atoms with E-state index in [0.717, 1.165) is 16.5 Å². The van der Waals surface area contributed by atoms with Crippen LogP contribution in [0.1, 0.15) is 11.3 Å². The lowest BCUT2D eigenvalue weighted by Gasteiger charge is -2.40. The van der Waals surface area contributed by atoms with Gasteiger partial charge in [0.15, 0.2) is 4.67 Å². The van der Waals surface area contributed by atoms with Gasteiger partial charge >= 0.3 is 0 Å². The Kier molecular flexibility index (Phi) is 6.52. The number of hydrogen-bond donors (Lipinski definition) is 1. The third-order valence-electron chi connectivity index (χ3n) is 5.28. The molecule has 1 fully saturated rings. The van der Waals surface area contributed by atoms with Gasteiger partial charge in [-0.2, -0.15) is 0 Å². The van der Waals surface area contributed by atoms with Crippen molar-refractivity contribution in [3.8, 4) is 0 Å². The van der Waals surface area contributed by atoms with Crippen molar-refractivity contribution in [1.82, 2.24) is 19.8 Å². The van der Waals surface area contributed by atoms with Crippen molar-refractivity contribution in [2.75, 3.05) is 32.5 Å². The molecule has 0 bridgehead atoms. The lowest BCUT2D eigenvalue weighted by atomic mass is 10.1. The highest BCUT2D eigenvalue weighted by Gasteiger charge is 2.36. The summed E-state index contributed by atoms with van der Waals surface area (Å²) in [6.45, 7) is 1.32. The number of halogens is 1. The molecule has 32 heavy (non-hydrogen) atoms. The summed E-state index contributed by atoms with van der Waals surface area (Å²) in [7, 11) is 1.51. The normalized spacial score (nSPS) is 16.9. The number of piperazine rings is 1. The first-order valence-electron chi connectivity index (χ1n) is 9.97. The lowest BCUT2D eigenvalue weighted by Crippen LogP contribution is -2.59. The molecule has 3 heterocycles. The highest BCUT2D eigenvalue weighted by molar-refractivity contribution is 9.10. The van der Waals surface area contributed by atoms with Crippen molar-refractivity contribution in [1.29, 1.82) is 0 Å². The first kappa shape index (κ1) is 22.0. The molecule has 9 nitrogen and oxygen atoms in total. The van der Waals surface area contributed by atoms with Gasteiger partial charge in [0.1, 0.15) is 23.9 Å². The van der Waals surface area contributed by atoms with Crippen LogP contribution in [0, 0.1) is 0 Å². The largest absolute Gasteiger partial charge is 0.450 e. The van der Waals surface area contributed by atoms with Gasteiger partial charge in [-0.1, -0.05) is 6.07 Å². The number of nitrogens with two attached hydrogens (primary N) is 1. The minimum atomic E-state index is -0.701. The summed E-state index contributed by atoms with van der Waals surface area (Å²) < 4.78 is 11.2. The van der Waals surface area contributed by atoms with Crippen LogP contribution in [-0.2, 0) is 20.9 Å². The molecule has 0 saturated carbocycles. The van der Waals surface area contributed by atoms with Crippen molar-refractivity contribution < 1.29 is 18.7 Å². The van der Waals surface area contributed by atoms with Gasteiger partial charge in [-0.15, -0.1) is 0 Å². The number of methoxy groups -OCH3 is 1. The molecule has 1 unspecified atom stereocenters. The molecule has 166 valence electrons. The zero-order chi connectivity index (χ0) is 22.7. The minimum Gasteiger partial charge on any atom is -0.450 e. The van der Waals surface area contributed by atoms with E-state index in [2.05, 4.69) is 25.9 Å². The second-order valence-electron chi connectivity index (χ2n) is 7.35. The maximum absolute atomic E-state index is 13.2. The molecule has 0 aliphatic carbocycles. The number of nitrogen functional groups attached to an aromatic ring is 1. The van der Waals surface area contributed by atoms with E-state index in [0.29, 0.717) is 35.9 Å². The molecule has 1 aliphatic heterocycles. The SMILES string of the molecule is COCC1C(=O)N(Cc2ccc3c(N)ncnc3c2)CCN1C(=O)/C=C/c1ccc(Br)o1. The molecule has 0 radical (unpaired) electrons. The number of carbonyl (C=O) groups is 2. The Hall–Kier alpha value is -3.24. The van der Waals surface area contributed by atoms with Crippen LogP contribution in [0.4, 0.5) is 5.82 Å². The number of amides is 2. The van der Waals surface area contributed by atoms with Gasteiger partial charge in [0, 0.05) is 38.2 Å². The number of rotatable bonds is 6. The predicted molar refractivity (Wildman–Crippen MR) is 122 cm³/mol. The van der Waals surface area contributed by atoms with E-state index in [-0.39, 0.29) is 18.4 Å². The average Bonchev–Trinajstić information content (AvgIpc) is 3.20. The smallest absolute Gasteiger partial charge is 0.248 e. The third kappa shape index (κ3) is 4.66. The van der Waals surface area contributed by atoms with Crippen LogP contribution >= 0.6 is 15.9 Å². The van der Waals surface area contributed by atoms with Crippen LogP contribution in [0.2, 0.25) is 0 Å². The molecule has 10 heteroatoms. The predicted octanol–water partition coefficient (Wildman–Crippen LogP) is 2.47. The monoisotopic (exact) mass is 499 g/mol. The number of carbonyl (C=O) groups excluding carboxylic acids is 2. The Morgan fingerprint density at radius 1 is 1.31 bits per heavy atom. The molecule has 2 N–H and O–H groups in total. The van der Waals surface area contributed by atoms with Gasteiger partial charge in [-0.05, 0) is 51.8 Å². The molecule has 1 atom stereocenters. The maximum atomic E-state index is 13.2. The fourth-order valence-electron chi connectivity index (χ4n) is 3.69. The van der Waals surface area contributed by atoms with Crippen LogP contribution in [0.25, 0.3) is 17.0 Å². The van der Waals surface area contributed by atoms with Gasteiger partial charge in [0.25, 0.3) is 0 Å². The van der Waals surface area contributed by atoms with Gasteiger partial charge in [-0.3, -0.25) is 9.59 Å². The van der Waals surface area contributed by atoms with Crippen molar-refractivity contribution in [3.63, 3.8) is 0 Å². The molecule has 1 saturated heterocycles. The zero-order valence-corrected chi connectivity index (χ0v) is 19.0. The Bertz CT molecular complexity index is 1180. The highest BCUT2D eigenvalue weighted by Crippen LogP contribution is 2.21. The zero-order valence-electron chi connectivity index (χ0n) is 17.4. The van der Waals surface area contributed by atoms with Crippen LogP contribution in [0.3, 0.4) is 0 Å². The summed E-state index contributed by atoms with van der Waals surface area (Å²) in [6.07, 6.45) is 4.40. The molecule has 0 spiro atoms. The van der Waals surface area contributed by atoms with E-state index in [1.807, 2.05) is 18.2 Å². The van der Waals surface area contributed by atoms with E-state index < -0.39 is 6.04 Å². The first-order chi connectivity index (χ1) is 15.5. The van der Waals surface area contributed by atoms with Crippen LogP contribution in [-0.4, -0.2) is 64.4 Å². The third-order valence-corrected chi connectivity index (χ3v) is 5.71. The van der Waals surface area contributed by atoms with Crippen LogP contribution in [0.5, 0.6) is 0 Å². The number of benzene rings is 1. The van der Waals surface area contributed by atoms with Crippen LogP contribution < -0.4 is 5.73 Å². The Morgan fingerprint density at radius 2 is 2.16 bits per heavy atom. The summed E-state index contributed by atoms with van der Waals surface area (Å²) >= 11 is 3.23. The topological polar surface area (TPSA) is 115 Å². The quantitative estimate of drug-likeness (QED) is 0.517. The summed E-state index contributed by atoms with van der Waals surface area (Å²) in [4.78, 5) is 37.5. The maximum Gasteiger partial charge on any atom is 0.248 e. The van der Waals surface area contributed by atoms with Gasteiger partial charge in [-0.25, -0.2) is 9.97 Å². The van der Waals surface area contributed by atoms with E-state index in [1.165, 1.54) is 24.4 Å². The van der Waals surface area contributed by atoms with Crippen molar-refractivity contribution in [2.45, 2.75) is 12.6 Å². The van der Waals surface area contributed by atoms with Gasteiger partial charge < -0.3 is 24.7 Å². The standard InChI is InChI=1S/C22H22BrN5O4/c1-31-12-18-22(30)27(11-14-2-5-16-17(10-14)25-13-26-21(16)24)8-9-28(18)20(29)7-4-15-3-6-19(23)32-15/h2-7,10,13,18H,8-9,11-12H2,1H3,(H2,24,25,26)/b7-4+. The lowest BCUT2D eigenvalue weighted by molar-refractivity contribution is -0.152. The number of anilines is 1. The van der Waals surface area contributed by atoms with E-state index in [1.54, 1.807) is 23.1 Å². The summed E-state index contributed by atoms with van der Waals surface area (Å²) in [6, 6.07) is 8.44. The number of hydrogen-bond acceptors (Lipinski definition) is 7. The van der Waals surface area contributed by atoms with Crippen LogP contribution in [0.15, 0.2) is 51.8 Å². The van der Waals surface area contributed by atoms with Gasteiger partial charge in [0.2, 0.25) is 11.8 Å². The first-order valence-corrected chi connectivity index (χ1v) is 10.8. The molecule has 1 aliphatic rings. The van der Waals surface area contributed by atoms with E-state index >= 15 is 0 Å². The fraction of sp³-hybridized carbons (Fsp3) is 0.273. The van der Waals surface area contributed by atoms with Crippen molar-refractivity contribution >= 4 is 50.5 Å². The fourth-order valence-corrected chi connectivity index (χ4v) is 4.01. The second kappa shape index (κ2) is 9.49. The van der Waals surface area contributed by atoms with Crippen molar-refractivity contribution in [2.24, 2.45) is 0 Å². The highest BCUT2D eigenvalue weighted by atomic mass is 79.9.